The van der Waals surface area contributed by atoms with E-state index in [9.17, 15) is 9.59 Å². The molecule has 1 aromatic carbocycles. The van der Waals surface area contributed by atoms with Gasteiger partial charge in [-0.1, -0.05) is 12.1 Å². The molecule has 1 N–H and O–H groups in total. The van der Waals surface area contributed by atoms with Gasteiger partial charge in [0.1, 0.15) is 5.75 Å². The predicted octanol–water partition coefficient (Wildman–Crippen LogP) is 2.48. The van der Waals surface area contributed by atoms with Crippen LogP contribution in [0.3, 0.4) is 0 Å². The van der Waals surface area contributed by atoms with Crippen molar-refractivity contribution >= 4 is 11.9 Å². The van der Waals surface area contributed by atoms with Crippen molar-refractivity contribution in [1.29, 1.82) is 0 Å². The molecule has 0 bridgehead atoms. The van der Waals surface area contributed by atoms with Gasteiger partial charge in [0.2, 0.25) is 11.9 Å². The molecule has 7 nitrogen and oxygen atoms in total. The molecule has 0 saturated carbocycles. The molecule has 1 saturated heterocycles. The van der Waals surface area contributed by atoms with Gasteiger partial charge >= 0.3 is 5.97 Å². The van der Waals surface area contributed by atoms with E-state index in [1.54, 1.807) is 37.4 Å². The SMILES string of the molecule is COc1ccc([C@H](OC(=O)c2ccco2)C(=O)NC[C@@H]2CCCO2)cc1. The van der Waals surface area contributed by atoms with Gasteiger partial charge in [0.15, 0.2) is 0 Å². The molecule has 0 radical (unpaired) electrons. The summed E-state index contributed by atoms with van der Waals surface area (Å²) in [6, 6.07) is 9.84. The van der Waals surface area contributed by atoms with Crippen LogP contribution in [0.2, 0.25) is 0 Å². The highest BCUT2D eigenvalue weighted by molar-refractivity contribution is 5.90. The molecule has 7 heteroatoms. The largest absolute Gasteiger partial charge is 0.497 e. The number of carbonyl (C=O) groups excluding carboxylic acids is 2. The number of furan rings is 1. The van der Waals surface area contributed by atoms with E-state index < -0.39 is 18.0 Å². The van der Waals surface area contributed by atoms with Crippen LogP contribution in [0.5, 0.6) is 5.75 Å². The van der Waals surface area contributed by atoms with Crippen LogP contribution in [0.15, 0.2) is 47.1 Å². The lowest BCUT2D eigenvalue weighted by Crippen LogP contribution is -2.37. The van der Waals surface area contributed by atoms with Gasteiger partial charge in [0, 0.05) is 18.7 Å². The van der Waals surface area contributed by atoms with Crippen LogP contribution in [0.4, 0.5) is 0 Å². The summed E-state index contributed by atoms with van der Waals surface area (Å²) in [6.45, 7) is 1.08. The van der Waals surface area contributed by atoms with E-state index in [0.717, 1.165) is 12.8 Å². The van der Waals surface area contributed by atoms with E-state index >= 15 is 0 Å². The van der Waals surface area contributed by atoms with Crippen molar-refractivity contribution in [2.45, 2.75) is 25.0 Å². The molecule has 26 heavy (non-hydrogen) atoms. The number of benzene rings is 1. The molecule has 1 aliphatic rings. The Balaban J connectivity index is 1.72. The van der Waals surface area contributed by atoms with E-state index in [2.05, 4.69) is 5.32 Å². The summed E-state index contributed by atoms with van der Waals surface area (Å²) in [6.07, 6.45) is 2.16. The first-order valence-electron chi connectivity index (χ1n) is 8.45. The van der Waals surface area contributed by atoms with Crippen molar-refractivity contribution in [3.05, 3.63) is 54.0 Å². The molecule has 2 heterocycles. The van der Waals surface area contributed by atoms with Crippen molar-refractivity contribution in [2.75, 3.05) is 20.3 Å². The average molecular weight is 359 g/mol. The van der Waals surface area contributed by atoms with Crippen LogP contribution in [-0.2, 0) is 14.3 Å². The van der Waals surface area contributed by atoms with Crippen LogP contribution >= 0.6 is 0 Å². The summed E-state index contributed by atoms with van der Waals surface area (Å²) >= 11 is 0. The van der Waals surface area contributed by atoms with Gasteiger partial charge in [0.05, 0.1) is 19.5 Å². The lowest BCUT2D eigenvalue weighted by Gasteiger charge is -2.19. The minimum absolute atomic E-state index is 0.00348. The topological polar surface area (TPSA) is 87.0 Å². The molecule has 2 aromatic rings. The van der Waals surface area contributed by atoms with Gasteiger partial charge in [-0.2, -0.15) is 0 Å². The first-order valence-corrected chi connectivity index (χ1v) is 8.45. The number of methoxy groups -OCH3 is 1. The molecule has 1 aromatic heterocycles. The molecule has 1 aliphatic heterocycles. The summed E-state index contributed by atoms with van der Waals surface area (Å²) in [7, 11) is 1.55. The second-order valence-corrected chi connectivity index (χ2v) is 5.92. The van der Waals surface area contributed by atoms with Crippen molar-refractivity contribution < 1.29 is 28.2 Å². The number of hydrogen-bond donors (Lipinski definition) is 1. The quantitative estimate of drug-likeness (QED) is 0.764. The Bertz CT molecular complexity index is 719. The Hall–Kier alpha value is -2.80. The number of carbonyl (C=O) groups is 2. The van der Waals surface area contributed by atoms with Gasteiger partial charge in [-0.05, 0) is 37.1 Å². The fourth-order valence-corrected chi connectivity index (χ4v) is 2.72. The Morgan fingerprint density at radius 3 is 2.69 bits per heavy atom. The maximum Gasteiger partial charge on any atom is 0.375 e. The number of ether oxygens (including phenoxy) is 3. The molecular formula is C19H21NO6. The molecule has 138 valence electrons. The standard InChI is InChI=1S/C19H21NO6/c1-23-14-8-6-13(7-9-14)17(26-19(22)16-5-3-11-25-16)18(21)20-12-15-4-2-10-24-15/h3,5-9,11,15,17H,2,4,10,12H2,1H3,(H,20,21)/t15-,17-/m0/s1. The van der Waals surface area contributed by atoms with E-state index in [4.69, 9.17) is 18.6 Å². The number of rotatable bonds is 7. The molecule has 3 rings (SSSR count). The second kappa shape index (κ2) is 8.53. The Labute approximate surface area is 151 Å². The number of nitrogens with one attached hydrogen (secondary N) is 1. The minimum atomic E-state index is -1.10. The van der Waals surface area contributed by atoms with Gasteiger partial charge in [0.25, 0.3) is 5.91 Å². The second-order valence-electron chi connectivity index (χ2n) is 5.92. The summed E-state index contributed by atoms with van der Waals surface area (Å²) in [4.78, 5) is 24.9. The van der Waals surface area contributed by atoms with Gasteiger partial charge < -0.3 is 23.9 Å². The number of hydrogen-bond acceptors (Lipinski definition) is 6. The van der Waals surface area contributed by atoms with Gasteiger partial charge in [-0.25, -0.2) is 4.79 Å². The summed E-state index contributed by atoms with van der Waals surface area (Å²) in [5.41, 5.74) is 0.538. The van der Waals surface area contributed by atoms with Crippen molar-refractivity contribution in [1.82, 2.24) is 5.32 Å². The average Bonchev–Trinajstić information content (AvgIpc) is 3.38. The lowest BCUT2D eigenvalue weighted by atomic mass is 10.1. The zero-order valence-corrected chi connectivity index (χ0v) is 14.5. The highest BCUT2D eigenvalue weighted by Gasteiger charge is 2.28. The van der Waals surface area contributed by atoms with Gasteiger partial charge in [-0.15, -0.1) is 0 Å². The fourth-order valence-electron chi connectivity index (χ4n) is 2.72. The monoisotopic (exact) mass is 359 g/mol. The normalized spacial score (nSPS) is 17.5. The highest BCUT2D eigenvalue weighted by atomic mass is 16.6. The van der Waals surface area contributed by atoms with E-state index in [-0.39, 0.29) is 11.9 Å². The third-order valence-electron chi connectivity index (χ3n) is 4.13. The zero-order valence-electron chi connectivity index (χ0n) is 14.5. The first kappa shape index (κ1) is 18.0. The molecule has 0 unspecified atom stereocenters. The smallest absolute Gasteiger partial charge is 0.375 e. The Morgan fingerprint density at radius 1 is 1.27 bits per heavy atom. The maximum absolute atomic E-state index is 12.7. The summed E-state index contributed by atoms with van der Waals surface area (Å²) < 4.78 is 21.1. The molecule has 0 spiro atoms. The number of amides is 1. The highest BCUT2D eigenvalue weighted by Crippen LogP contribution is 2.23. The summed E-state index contributed by atoms with van der Waals surface area (Å²) in [5, 5.41) is 2.80. The van der Waals surface area contributed by atoms with E-state index in [0.29, 0.717) is 24.5 Å². The third kappa shape index (κ3) is 4.43. The van der Waals surface area contributed by atoms with Crippen molar-refractivity contribution in [3.8, 4) is 5.75 Å². The summed E-state index contributed by atoms with van der Waals surface area (Å²) in [5.74, 6) is -0.436. The Kier molecular flexibility index (Phi) is 5.91. The Morgan fingerprint density at radius 2 is 2.08 bits per heavy atom. The molecular weight excluding hydrogens is 338 g/mol. The van der Waals surface area contributed by atoms with Crippen LogP contribution in [-0.4, -0.2) is 38.2 Å². The van der Waals surface area contributed by atoms with Crippen LogP contribution in [0.1, 0.15) is 35.1 Å². The fraction of sp³-hybridized carbons (Fsp3) is 0.368. The van der Waals surface area contributed by atoms with Crippen molar-refractivity contribution in [2.24, 2.45) is 0 Å². The molecule has 1 fully saturated rings. The first-order chi connectivity index (χ1) is 12.7. The van der Waals surface area contributed by atoms with E-state index in [1.165, 1.54) is 12.3 Å². The lowest BCUT2D eigenvalue weighted by molar-refractivity contribution is -0.130. The van der Waals surface area contributed by atoms with Crippen LogP contribution in [0.25, 0.3) is 0 Å². The van der Waals surface area contributed by atoms with Crippen molar-refractivity contribution in [3.63, 3.8) is 0 Å². The molecule has 1 amide bonds. The van der Waals surface area contributed by atoms with Crippen LogP contribution < -0.4 is 10.1 Å². The maximum atomic E-state index is 12.7. The zero-order chi connectivity index (χ0) is 18.4. The minimum Gasteiger partial charge on any atom is -0.497 e. The number of esters is 1. The van der Waals surface area contributed by atoms with Gasteiger partial charge in [-0.3, -0.25) is 4.79 Å². The third-order valence-corrected chi connectivity index (χ3v) is 4.13. The molecule has 0 aliphatic carbocycles. The van der Waals surface area contributed by atoms with E-state index in [1.807, 2.05) is 0 Å². The molecule has 2 atom stereocenters. The predicted molar refractivity (Wildman–Crippen MR) is 91.8 cm³/mol. The van der Waals surface area contributed by atoms with Crippen LogP contribution in [0, 0.1) is 0 Å².